The third kappa shape index (κ3) is 1.59. The van der Waals surface area contributed by atoms with Crippen LogP contribution < -0.4 is 0 Å². The van der Waals surface area contributed by atoms with Gasteiger partial charge in [0.2, 0.25) is 5.95 Å². The van der Waals surface area contributed by atoms with Crippen molar-refractivity contribution in [3.63, 3.8) is 0 Å². The summed E-state index contributed by atoms with van der Waals surface area (Å²) < 4.78 is 16.7. The molecular formula is C8H12FNS. The van der Waals surface area contributed by atoms with Crippen molar-refractivity contribution in [2.45, 2.75) is 33.1 Å². The van der Waals surface area contributed by atoms with E-state index in [1.165, 1.54) is 11.5 Å². The molecule has 0 saturated heterocycles. The van der Waals surface area contributed by atoms with Crippen molar-refractivity contribution in [3.05, 3.63) is 16.4 Å². The van der Waals surface area contributed by atoms with Crippen LogP contribution in [0.4, 0.5) is 4.39 Å². The van der Waals surface area contributed by atoms with E-state index in [1.54, 1.807) is 0 Å². The van der Waals surface area contributed by atoms with Crippen molar-refractivity contribution in [2.24, 2.45) is 0 Å². The van der Waals surface area contributed by atoms with Gasteiger partial charge in [0, 0.05) is 10.4 Å². The Hall–Kier alpha value is -0.440. The first-order valence-electron chi connectivity index (χ1n) is 3.55. The maximum absolute atomic E-state index is 13.0. The SMILES string of the molecule is Cc1snc(F)c1C(C)(C)C. The van der Waals surface area contributed by atoms with E-state index >= 15 is 0 Å². The molecule has 1 nitrogen and oxygen atoms in total. The number of rotatable bonds is 0. The lowest BCUT2D eigenvalue weighted by Gasteiger charge is -2.17. The highest BCUT2D eigenvalue weighted by molar-refractivity contribution is 7.05. The van der Waals surface area contributed by atoms with Crippen molar-refractivity contribution in [3.8, 4) is 0 Å². The zero-order valence-electron chi connectivity index (χ0n) is 7.23. The van der Waals surface area contributed by atoms with Gasteiger partial charge >= 0.3 is 0 Å². The fraction of sp³-hybridized carbons (Fsp3) is 0.625. The van der Waals surface area contributed by atoms with Gasteiger partial charge in [-0.15, -0.1) is 0 Å². The number of halogens is 1. The summed E-state index contributed by atoms with van der Waals surface area (Å²) in [7, 11) is 0. The molecule has 0 bridgehead atoms. The molecule has 0 aromatic carbocycles. The van der Waals surface area contributed by atoms with Crippen LogP contribution in [0.1, 0.15) is 31.2 Å². The summed E-state index contributed by atoms with van der Waals surface area (Å²) in [6.07, 6.45) is 0. The summed E-state index contributed by atoms with van der Waals surface area (Å²) in [5.41, 5.74) is 0.628. The van der Waals surface area contributed by atoms with E-state index in [4.69, 9.17) is 0 Å². The molecule has 0 N–H and O–H groups in total. The minimum atomic E-state index is -0.306. The van der Waals surface area contributed by atoms with Crippen molar-refractivity contribution in [1.82, 2.24) is 4.37 Å². The second kappa shape index (κ2) is 2.55. The summed E-state index contributed by atoms with van der Waals surface area (Å²) >= 11 is 1.23. The van der Waals surface area contributed by atoms with Crippen LogP contribution >= 0.6 is 11.5 Å². The Labute approximate surface area is 70.4 Å². The molecule has 1 aromatic rings. The lowest BCUT2D eigenvalue weighted by atomic mass is 9.88. The molecule has 0 aliphatic rings. The minimum Gasteiger partial charge on any atom is -0.184 e. The average Bonchev–Trinajstić information content (AvgIpc) is 2.08. The molecule has 3 heteroatoms. The van der Waals surface area contributed by atoms with Crippen LogP contribution in [0.15, 0.2) is 0 Å². The number of hydrogen-bond donors (Lipinski definition) is 0. The number of hydrogen-bond acceptors (Lipinski definition) is 2. The predicted molar refractivity (Wildman–Crippen MR) is 45.5 cm³/mol. The molecule has 0 unspecified atom stereocenters. The Balaban J connectivity index is 3.21. The molecule has 1 rings (SSSR count). The first-order valence-corrected chi connectivity index (χ1v) is 4.32. The number of aryl methyl sites for hydroxylation is 1. The van der Waals surface area contributed by atoms with Gasteiger partial charge in [-0.05, 0) is 23.9 Å². The van der Waals surface area contributed by atoms with Gasteiger partial charge in [-0.2, -0.15) is 8.76 Å². The van der Waals surface area contributed by atoms with Crippen LogP contribution in [0.3, 0.4) is 0 Å². The van der Waals surface area contributed by atoms with E-state index in [1.807, 2.05) is 27.7 Å². The Morgan fingerprint density at radius 2 is 1.91 bits per heavy atom. The summed E-state index contributed by atoms with van der Waals surface area (Å²) in [5.74, 6) is -0.306. The summed E-state index contributed by atoms with van der Waals surface area (Å²) in [6, 6.07) is 0. The highest BCUT2D eigenvalue weighted by Crippen LogP contribution is 2.29. The number of aromatic nitrogens is 1. The van der Waals surface area contributed by atoms with Gasteiger partial charge in [0.05, 0.1) is 0 Å². The molecule has 0 aliphatic heterocycles. The van der Waals surface area contributed by atoms with Crippen LogP contribution in [-0.2, 0) is 5.41 Å². The highest BCUT2D eigenvalue weighted by Gasteiger charge is 2.23. The van der Waals surface area contributed by atoms with Crippen LogP contribution in [0.25, 0.3) is 0 Å². The zero-order chi connectivity index (χ0) is 8.65. The normalized spacial score (nSPS) is 12.1. The molecule has 62 valence electrons. The largest absolute Gasteiger partial charge is 0.228 e. The Morgan fingerprint density at radius 3 is 2.09 bits per heavy atom. The van der Waals surface area contributed by atoms with Crippen molar-refractivity contribution in [2.75, 3.05) is 0 Å². The standard InChI is InChI=1S/C8H12FNS/c1-5-6(8(2,3)4)7(9)10-11-5/h1-4H3. The smallest absolute Gasteiger partial charge is 0.184 e. The van der Waals surface area contributed by atoms with Crippen LogP contribution in [-0.4, -0.2) is 4.37 Å². The lowest BCUT2D eigenvalue weighted by Crippen LogP contribution is -2.13. The summed E-state index contributed by atoms with van der Waals surface area (Å²) in [5, 5.41) is 0. The van der Waals surface area contributed by atoms with Crippen LogP contribution in [0.5, 0.6) is 0 Å². The minimum absolute atomic E-state index is 0.124. The second-order valence-electron chi connectivity index (χ2n) is 3.65. The van der Waals surface area contributed by atoms with E-state index in [0.717, 1.165) is 10.4 Å². The molecule has 0 fully saturated rings. The number of nitrogens with zero attached hydrogens (tertiary/aromatic N) is 1. The second-order valence-corrected chi connectivity index (χ2v) is 4.63. The summed E-state index contributed by atoms with van der Waals surface area (Å²) in [6.45, 7) is 7.88. The van der Waals surface area contributed by atoms with Gasteiger partial charge in [-0.3, -0.25) is 0 Å². The van der Waals surface area contributed by atoms with Crippen molar-refractivity contribution >= 4 is 11.5 Å². The molecule has 1 aromatic heterocycles. The van der Waals surface area contributed by atoms with Gasteiger partial charge in [-0.25, -0.2) is 0 Å². The molecule has 0 saturated carbocycles. The fourth-order valence-electron chi connectivity index (χ4n) is 1.18. The van der Waals surface area contributed by atoms with Gasteiger partial charge in [-0.1, -0.05) is 20.8 Å². The molecule has 0 radical (unpaired) electrons. The maximum atomic E-state index is 13.0. The molecule has 0 aliphatic carbocycles. The highest BCUT2D eigenvalue weighted by atomic mass is 32.1. The molecule has 11 heavy (non-hydrogen) atoms. The van der Waals surface area contributed by atoms with Crippen molar-refractivity contribution in [1.29, 1.82) is 0 Å². The Kier molecular flexibility index (Phi) is 2.01. The molecular weight excluding hydrogens is 161 g/mol. The Morgan fingerprint density at radius 1 is 1.36 bits per heavy atom. The Bertz CT molecular complexity index is 240. The van der Waals surface area contributed by atoms with Gasteiger partial charge in [0.1, 0.15) is 0 Å². The molecule has 1 heterocycles. The summed E-state index contributed by atoms with van der Waals surface area (Å²) in [4.78, 5) is 0.981. The van der Waals surface area contributed by atoms with E-state index in [9.17, 15) is 4.39 Å². The van der Waals surface area contributed by atoms with Gasteiger partial charge < -0.3 is 0 Å². The lowest BCUT2D eigenvalue weighted by molar-refractivity contribution is 0.508. The zero-order valence-corrected chi connectivity index (χ0v) is 8.05. The first kappa shape index (κ1) is 8.65. The molecule has 0 spiro atoms. The maximum Gasteiger partial charge on any atom is 0.228 e. The third-order valence-electron chi connectivity index (χ3n) is 1.57. The van der Waals surface area contributed by atoms with Crippen molar-refractivity contribution < 1.29 is 4.39 Å². The van der Waals surface area contributed by atoms with E-state index in [0.29, 0.717) is 0 Å². The van der Waals surface area contributed by atoms with Crippen LogP contribution in [0, 0.1) is 12.9 Å². The van der Waals surface area contributed by atoms with Gasteiger partial charge in [0.25, 0.3) is 0 Å². The van der Waals surface area contributed by atoms with Crippen LogP contribution in [0.2, 0.25) is 0 Å². The van der Waals surface area contributed by atoms with Gasteiger partial charge in [0.15, 0.2) is 0 Å². The predicted octanol–water partition coefficient (Wildman–Crippen LogP) is 2.89. The van der Waals surface area contributed by atoms with E-state index < -0.39 is 0 Å². The van der Waals surface area contributed by atoms with E-state index in [-0.39, 0.29) is 11.4 Å². The fourth-order valence-corrected chi connectivity index (χ4v) is 1.97. The average molecular weight is 173 g/mol. The quantitative estimate of drug-likeness (QED) is 0.588. The topological polar surface area (TPSA) is 12.9 Å². The first-order chi connectivity index (χ1) is 4.93. The molecule has 0 atom stereocenters. The molecule has 0 amide bonds. The third-order valence-corrected chi connectivity index (χ3v) is 2.30. The van der Waals surface area contributed by atoms with E-state index in [2.05, 4.69) is 4.37 Å². The monoisotopic (exact) mass is 173 g/mol.